The molecule has 0 saturated carbocycles. The van der Waals surface area contributed by atoms with E-state index >= 15 is 0 Å². The Hall–Kier alpha value is -0.313. The molecule has 0 aliphatic heterocycles. The molecule has 0 fully saturated rings. The number of hydrogen-bond acceptors (Lipinski definition) is 2. The van der Waals surface area contributed by atoms with Gasteiger partial charge in [-0.3, -0.25) is 4.79 Å². The van der Waals surface area contributed by atoms with E-state index in [1.54, 1.807) is 0 Å². The van der Waals surface area contributed by atoms with Crippen LogP contribution in [-0.2, 0) is 9.53 Å². The highest BCUT2D eigenvalue weighted by atomic mass is 28.3. The summed E-state index contributed by atoms with van der Waals surface area (Å²) < 4.78 is 4.61. The van der Waals surface area contributed by atoms with Crippen molar-refractivity contribution in [1.29, 1.82) is 0 Å². The molecule has 0 aliphatic carbocycles. The maximum Gasteiger partial charge on any atom is 0.305 e. The number of carbonyl (C=O) groups excluding carboxylic acids is 1. The summed E-state index contributed by atoms with van der Waals surface area (Å²) in [5, 5.41) is 0. The van der Waals surface area contributed by atoms with E-state index in [0.29, 0.717) is 6.42 Å². The van der Waals surface area contributed by atoms with Crippen LogP contribution in [-0.4, -0.2) is 21.9 Å². The van der Waals surface area contributed by atoms with Gasteiger partial charge in [0.25, 0.3) is 0 Å². The second kappa shape index (κ2) is 12.2. The Morgan fingerprint density at radius 2 is 1.35 bits per heavy atom. The van der Waals surface area contributed by atoms with Gasteiger partial charge in [-0.15, -0.1) is 0 Å². The first-order chi connectivity index (χ1) is 8.16. The number of methoxy groups -OCH3 is 1. The van der Waals surface area contributed by atoms with Gasteiger partial charge in [-0.1, -0.05) is 64.1 Å². The van der Waals surface area contributed by atoms with Crippen LogP contribution in [0.2, 0.25) is 19.1 Å². The molecule has 2 nitrogen and oxygen atoms in total. The van der Waals surface area contributed by atoms with Gasteiger partial charge in [0.05, 0.1) is 7.11 Å². The van der Waals surface area contributed by atoms with E-state index in [9.17, 15) is 4.79 Å². The highest BCUT2D eigenvalue weighted by Gasteiger charge is 1.99. The molecule has 17 heavy (non-hydrogen) atoms. The minimum atomic E-state index is -0.302. The van der Waals surface area contributed by atoms with Gasteiger partial charge in [-0.05, 0) is 6.42 Å². The van der Waals surface area contributed by atoms with Crippen molar-refractivity contribution in [2.75, 3.05) is 7.11 Å². The predicted molar refractivity (Wildman–Crippen MR) is 77.3 cm³/mol. The minimum Gasteiger partial charge on any atom is -0.469 e. The highest BCUT2D eigenvalue weighted by Crippen LogP contribution is 2.11. The topological polar surface area (TPSA) is 26.3 Å². The van der Waals surface area contributed by atoms with E-state index in [1.165, 1.54) is 58.1 Å². The number of hydrogen-bond donors (Lipinski definition) is 0. The number of unbranched alkanes of at least 4 members (excludes halogenated alkanes) is 7. The van der Waals surface area contributed by atoms with Crippen LogP contribution < -0.4 is 0 Å². The normalized spacial score (nSPS) is 10.8. The second-order valence-electron chi connectivity index (χ2n) is 5.34. The van der Waals surface area contributed by atoms with Crippen molar-refractivity contribution < 1.29 is 9.53 Å². The molecule has 0 heterocycles. The SMILES string of the molecule is COC(=O)CCCCCCCCCC[SiH](C)C. The van der Waals surface area contributed by atoms with Gasteiger partial charge in [0, 0.05) is 15.2 Å². The Morgan fingerprint density at radius 3 is 1.82 bits per heavy atom. The predicted octanol–water partition coefficient (Wildman–Crippen LogP) is 4.16. The van der Waals surface area contributed by atoms with Crippen LogP contribution in [0.25, 0.3) is 0 Å². The van der Waals surface area contributed by atoms with E-state index in [1.807, 2.05) is 0 Å². The van der Waals surface area contributed by atoms with Crippen LogP contribution in [0.4, 0.5) is 0 Å². The fraction of sp³-hybridized carbons (Fsp3) is 0.929. The average Bonchev–Trinajstić information content (AvgIpc) is 2.30. The first-order valence-electron chi connectivity index (χ1n) is 7.23. The van der Waals surface area contributed by atoms with E-state index in [4.69, 9.17) is 0 Å². The van der Waals surface area contributed by atoms with Gasteiger partial charge < -0.3 is 4.74 Å². The van der Waals surface area contributed by atoms with Crippen molar-refractivity contribution in [3.05, 3.63) is 0 Å². The third kappa shape index (κ3) is 13.6. The number of rotatable bonds is 11. The van der Waals surface area contributed by atoms with Crippen molar-refractivity contribution in [2.45, 2.75) is 76.9 Å². The zero-order valence-corrected chi connectivity index (χ0v) is 13.1. The van der Waals surface area contributed by atoms with Crippen LogP contribution in [0.1, 0.15) is 57.8 Å². The summed E-state index contributed by atoms with van der Waals surface area (Å²) in [4.78, 5) is 10.9. The van der Waals surface area contributed by atoms with Gasteiger partial charge in [-0.2, -0.15) is 0 Å². The maximum atomic E-state index is 10.9. The first-order valence-corrected chi connectivity index (χ1v) is 10.4. The Bertz CT molecular complexity index is 181. The van der Waals surface area contributed by atoms with Crippen molar-refractivity contribution in [3.8, 4) is 0 Å². The van der Waals surface area contributed by atoms with Gasteiger partial charge >= 0.3 is 5.97 Å². The highest BCUT2D eigenvalue weighted by molar-refractivity contribution is 6.55. The summed E-state index contributed by atoms with van der Waals surface area (Å²) in [5.41, 5.74) is 0. The monoisotopic (exact) mass is 258 g/mol. The lowest BCUT2D eigenvalue weighted by molar-refractivity contribution is -0.140. The third-order valence-electron chi connectivity index (χ3n) is 3.14. The summed E-state index contributed by atoms with van der Waals surface area (Å²) in [6.07, 6.45) is 11.0. The third-order valence-corrected chi connectivity index (χ3v) is 4.70. The summed E-state index contributed by atoms with van der Waals surface area (Å²) in [7, 11) is 1.16. The Labute approximate surface area is 109 Å². The summed E-state index contributed by atoms with van der Waals surface area (Å²) in [5.74, 6) is -0.0668. The van der Waals surface area contributed by atoms with Crippen LogP contribution >= 0.6 is 0 Å². The molecule has 0 aromatic rings. The lowest BCUT2D eigenvalue weighted by Crippen LogP contribution is -1.99. The van der Waals surface area contributed by atoms with Crippen LogP contribution in [0, 0.1) is 0 Å². The standard InChI is InChI=1S/C14H30O2Si/c1-16-14(15)12-10-8-6-4-5-7-9-11-13-17(2)3/h17H,4-13H2,1-3H3. The van der Waals surface area contributed by atoms with Gasteiger partial charge in [-0.25, -0.2) is 0 Å². The van der Waals surface area contributed by atoms with E-state index in [2.05, 4.69) is 17.8 Å². The Kier molecular flexibility index (Phi) is 11.9. The van der Waals surface area contributed by atoms with Crippen molar-refractivity contribution in [1.82, 2.24) is 0 Å². The second-order valence-corrected chi connectivity index (χ2v) is 8.70. The molecule has 0 aromatic carbocycles. The van der Waals surface area contributed by atoms with Crippen molar-refractivity contribution in [3.63, 3.8) is 0 Å². The Balaban J connectivity index is 3.01. The molecule has 0 rings (SSSR count). The molecular weight excluding hydrogens is 228 g/mol. The van der Waals surface area contributed by atoms with Crippen molar-refractivity contribution in [2.24, 2.45) is 0 Å². The molecule has 0 unspecified atom stereocenters. The zero-order chi connectivity index (χ0) is 12.9. The van der Waals surface area contributed by atoms with E-state index in [-0.39, 0.29) is 14.8 Å². The molecular formula is C14H30O2Si. The molecule has 0 saturated heterocycles. The quantitative estimate of drug-likeness (QED) is 0.316. The number of ether oxygens (including phenoxy) is 1. The Morgan fingerprint density at radius 1 is 0.882 bits per heavy atom. The van der Waals surface area contributed by atoms with E-state index in [0.717, 1.165) is 6.42 Å². The fourth-order valence-corrected chi connectivity index (χ4v) is 3.09. The van der Waals surface area contributed by atoms with Crippen LogP contribution in [0.5, 0.6) is 0 Å². The summed E-state index contributed by atoms with van der Waals surface area (Å²) in [6.45, 7) is 4.86. The molecule has 0 spiro atoms. The largest absolute Gasteiger partial charge is 0.469 e. The van der Waals surface area contributed by atoms with E-state index < -0.39 is 0 Å². The molecule has 0 amide bonds. The van der Waals surface area contributed by atoms with Crippen molar-refractivity contribution >= 4 is 14.8 Å². The average molecular weight is 258 g/mol. The molecule has 0 aliphatic rings. The summed E-state index contributed by atoms with van der Waals surface area (Å²) >= 11 is 0. The van der Waals surface area contributed by atoms with Crippen LogP contribution in [0.15, 0.2) is 0 Å². The van der Waals surface area contributed by atoms with Gasteiger partial charge in [0.15, 0.2) is 0 Å². The minimum absolute atomic E-state index is 0.0668. The van der Waals surface area contributed by atoms with Crippen LogP contribution in [0.3, 0.4) is 0 Å². The molecule has 0 aromatic heterocycles. The molecule has 0 bridgehead atoms. The lowest BCUT2D eigenvalue weighted by Gasteiger charge is -2.03. The van der Waals surface area contributed by atoms with Gasteiger partial charge in [0.1, 0.15) is 0 Å². The number of carbonyl (C=O) groups is 1. The molecule has 0 radical (unpaired) electrons. The lowest BCUT2D eigenvalue weighted by atomic mass is 10.1. The molecule has 3 heteroatoms. The fourth-order valence-electron chi connectivity index (χ4n) is 1.98. The smallest absolute Gasteiger partial charge is 0.305 e. The molecule has 0 N–H and O–H groups in total. The first kappa shape index (κ1) is 16.7. The number of esters is 1. The molecule has 102 valence electrons. The maximum absolute atomic E-state index is 10.9. The molecule has 0 atom stereocenters. The van der Waals surface area contributed by atoms with Gasteiger partial charge in [0.2, 0.25) is 0 Å². The zero-order valence-electron chi connectivity index (χ0n) is 12.0. The summed E-state index contributed by atoms with van der Waals surface area (Å²) in [6, 6.07) is 1.51.